The molecule has 1 amide bonds. The number of rotatable bonds is 10. The second-order valence-corrected chi connectivity index (χ2v) is 4.86. The summed E-state index contributed by atoms with van der Waals surface area (Å²) in [5.41, 5.74) is 0.188. The molecule has 0 fully saturated rings. The Kier molecular flexibility index (Phi) is 7.96. The van der Waals surface area contributed by atoms with Crippen molar-refractivity contribution in [2.24, 2.45) is 0 Å². The van der Waals surface area contributed by atoms with Gasteiger partial charge in [-0.05, 0) is 31.9 Å². The van der Waals surface area contributed by atoms with E-state index in [2.05, 4.69) is 5.32 Å². The van der Waals surface area contributed by atoms with Crippen LogP contribution >= 0.6 is 0 Å². The molecule has 5 nitrogen and oxygen atoms in total. The normalized spacial score (nSPS) is 10.3. The quantitative estimate of drug-likeness (QED) is 0.651. The van der Waals surface area contributed by atoms with Gasteiger partial charge in [0.2, 0.25) is 0 Å². The summed E-state index contributed by atoms with van der Waals surface area (Å²) in [4.78, 5) is 22.4. The van der Waals surface area contributed by atoms with Crippen LogP contribution in [-0.2, 0) is 4.79 Å². The minimum absolute atomic E-state index is 0.0241. The van der Waals surface area contributed by atoms with Crippen molar-refractivity contribution in [2.75, 3.05) is 13.2 Å². The number of nitrogens with one attached hydrogen (secondary N) is 1. The first kappa shape index (κ1) is 17.9. The highest BCUT2D eigenvalue weighted by atomic mass is 19.1. The van der Waals surface area contributed by atoms with Gasteiger partial charge in [-0.15, -0.1) is 0 Å². The molecule has 0 aliphatic rings. The molecule has 0 heterocycles. The summed E-state index contributed by atoms with van der Waals surface area (Å²) in [6, 6.07) is 4.25. The number of benzene rings is 1. The molecular weight excluding hydrogens is 289 g/mol. The molecule has 122 valence electrons. The number of hydrogen-bond acceptors (Lipinski definition) is 3. The summed E-state index contributed by atoms with van der Waals surface area (Å²) in [7, 11) is 0. The Morgan fingerprint density at radius 2 is 1.95 bits per heavy atom. The van der Waals surface area contributed by atoms with E-state index >= 15 is 0 Å². The summed E-state index contributed by atoms with van der Waals surface area (Å²) in [6.07, 6.45) is 3.22. The fourth-order valence-electron chi connectivity index (χ4n) is 2.03. The van der Waals surface area contributed by atoms with E-state index in [-0.39, 0.29) is 30.2 Å². The number of carboxylic acids is 1. The van der Waals surface area contributed by atoms with Crippen molar-refractivity contribution in [1.29, 1.82) is 0 Å². The molecule has 0 unspecified atom stereocenters. The minimum Gasteiger partial charge on any atom is -0.490 e. The van der Waals surface area contributed by atoms with E-state index in [0.717, 1.165) is 19.3 Å². The number of carbonyl (C=O) groups excluding carboxylic acids is 1. The highest BCUT2D eigenvalue weighted by Crippen LogP contribution is 2.22. The molecule has 1 aromatic carbocycles. The van der Waals surface area contributed by atoms with E-state index in [4.69, 9.17) is 9.84 Å². The van der Waals surface area contributed by atoms with Crippen LogP contribution in [0, 0.1) is 5.82 Å². The second-order valence-electron chi connectivity index (χ2n) is 4.86. The van der Waals surface area contributed by atoms with Crippen LogP contribution in [0.25, 0.3) is 0 Å². The van der Waals surface area contributed by atoms with Gasteiger partial charge in [-0.25, -0.2) is 4.39 Å². The fourth-order valence-corrected chi connectivity index (χ4v) is 2.03. The van der Waals surface area contributed by atoms with Crippen molar-refractivity contribution >= 4 is 11.9 Å². The molecule has 6 heteroatoms. The Labute approximate surface area is 129 Å². The SMILES string of the molecule is CCOc1c(F)cccc1C(=O)NCCCCCCC(=O)O. The fraction of sp³-hybridized carbons (Fsp3) is 0.500. The third-order valence-electron chi connectivity index (χ3n) is 3.10. The van der Waals surface area contributed by atoms with E-state index in [1.807, 2.05) is 0 Å². The van der Waals surface area contributed by atoms with Gasteiger partial charge in [-0.1, -0.05) is 18.9 Å². The topological polar surface area (TPSA) is 75.6 Å². The van der Waals surface area contributed by atoms with Crippen LogP contribution in [0.5, 0.6) is 5.75 Å². The summed E-state index contributed by atoms with van der Waals surface area (Å²) in [5.74, 6) is -1.73. The summed E-state index contributed by atoms with van der Waals surface area (Å²) in [5, 5.41) is 11.2. The van der Waals surface area contributed by atoms with Crippen LogP contribution in [0.4, 0.5) is 4.39 Å². The minimum atomic E-state index is -0.789. The highest BCUT2D eigenvalue weighted by molar-refractivity contribution is 5.96. The number of unbranched alkanes of at least 4 members (excludes halogenated alkanes) is 3. The zero-order valence-electron chi connectivity index (χ0n) is 12.7. The van der Waals surface area contributed by atoms with Gasteiger partial charge in [-0.2, -0.15) is 0 Å². The number of amides is 1. The Hall–Kier alpha value is -2.11. The van der Waals surface area contributed by atoms with Gasteiger partial charge in [0.25, 0.3) is 5.91 Å². The van der Waals surface area contributed by atoms with Crippen molar-refractivity contribution < 1.29 is 23.8 Å². The van der Waals surface area contributed by atoms with Crippen LogP contribution in [0.1, 0.15) is 49.4 Å². The zero-order chi connectivity index (χ0) is 16.4. The number of para-hydroxylation sites is 1. The summed E-state index contributed by atoms with van der Waals surface area (Å²) < 4.78 is 18.8. The van der Waals surface area contributed by atoms with E-state index < -0.39 is 11.8 Å². The van der Waals surface area contributed by atoms with Crippen molar-refractivity contribution in [3.8, 4) is 5.75 Å². The van der Waals surface area contributed by atoms with Gasteiger partial charge >= 0.3 is 5.97 Å². The number of carbonyl (C=O) groups is 2. The Balaban J connectivity index is 2.37. The predicted octanol–water partition coefficient (Wildman–Crippen LogP) is 2.99. The van der Waals surface area contributed by atoms with Crippen LogP contribution in [0.2, 0.25) is 0 Å². The van der Waals surface area contributed by atoms with E-state index in [9.17, 15) is 14.0 Å². The van der Waals surface area contributed by atoms with Crippen molar-refractivity contribution in [3.63, 3.8) is 0 Å². The number of hydrogen-bond donors (Lipinski definition) is 2. The number of carboxylic acid groups (broad SMARTS) is 1. The third kappa shape index (κ3) is 6.11. The standard InChI is InChI=1S/C16H22FNO4/c1-2-22-15-12(8-7-9-13(15)17)16(21)18-11-6-4-3-5-10-14(19)20/h7-9H,2-6,10-11H2,1H3,(H,18,21)(H,19,20). The maximum atomic E-state index is 13.6. The van der Waals surface area contributed by atoms with Gasteiger partial charge in [0.05, 0.1) is 12.2 Å². The highest BCUT2D eigenvalue weighted by Gasteiger charge is 2.15. The average molecular weight is 311 g/mol. The monoisotopic (exact) mass is 311 g/mol. The lowest BCUT2D eigenvalue weighted by Gasteiger charge is -2.11. The first-order valence-corrected chi connectivity index (χ1v) is 7.47. The lowest BCUT2D eigenvalue weighted by atomic mass is 10.1. The van der Waals surface area contributed by atoms with Crippen molar-refractivity contribution in [3.05, 3.63) is 29.6 Å². The summed E-state index contributed by atoms with van der Waals surface area (Å²) in [6.45, 7) is 2.48. The molecule has 0 saturated heterocycles. The maximum Gasteiger partial charge on any atom is 0.303 e. The molecule has 0 aromatic heterocycles. The molecule has 0 saturated carbocycles. The molecular formula is C16H22FNO4. The summed E-state index contributed by atoms with van der Waals surface area (Å²) >= 11 is 0. The van der Waals surface area contributed by atoms with E-state index in [1.165, 1.54) is 18.2 Å². The molecule has 1 rings (SSSR count). The smallest absolute Gasteiger partial charge is 0.303 e. The Morgan fingerprint density at radius 3 is 2.64 bits per heavy atom. The molecule has 0 aliphatic heterocycles. The van der Waals surface area contributed by atoms with Crippen LogP contribution in [0.3, 0.4) is 0 Å². The molecule has 0 radical (unpaired) electrons. The first-order chi connectivity index (χ1) is 10.6. The van der Waals surface area contributed by atoms with E-state index in [0.29, 0.717) is 13.0 Å². The van der Waals surface area contributed by atoms with Gasteiger partial charge in [0.15, 0.2) is 11.6 Å². The number of ether oxygens (including phenoxy) is 1. The average Bonchev–Trinajstić information content (AvgIpc) is 2.48. The van der Waals surface area contributed by atoms with E-state index in [1.54, 1.807) is 6.92 Å². The molecule has 1 aromatic rings. The third-order valence-corrected chi connectivity index (χ3v) is 3.10. The molecule has 0 atom stereocenters. The molecule has 0 bridgehead atoms. The lowest BCUT2D eigenvalue weighted by molar-refractivity contribution is -0.137. The van der Waals surface area contributed by atoms with Gasteiger partial charge in [0, 0.05) is 13.0 Å². The van der Waals surface area contributed by atoms with Crippen LogP contribution in [-0.4, -0.2) is 30.1 Å². The van der Waals surface area contributed by atoms with Gasteiger partial charge in [0.1, 0.15) is 0 Å². The Morgan fingerprint density at radius 1 is 1.23 bits per heavy atom. The van der Waals surface area contributed by atoms with Crippen molar-refractivity contribution in [2.45, 2.75) is 39.0 Å². The molecule has 22 heavy (non-hydrogen) atoms. The Bertz CT molecular complexity index is 505. The second kappa shape index (κ2) is 9.76. The zero-order valence-corrected chi connectivity index (χ0v) is 12.7. The van der Waals surface area contributed by atoms with Crippen molar-refractivity contribution in [1.82, 2.24) is 5.32 Å². The number of aliphatic carboxylic acids is 1. The number of halogens is 1. The molecule has 2 N–H and O–H groups in total. The lowest BCUT2D eigenvalue weighted by Crippen LogP contribution is -2.25. The predicted molar refractivity (Wildman–Crippen MR) is 80.6 cm³/mol. The van der Waals surface area contributed by atoms with Crippen LogP contribution in [0.15, 0.2) is 18.2 Å². The first-order valence-electron chi connectivity index (χ1n) is 7.47. The molecule has 0 spiro atoms. The molecule has 0 aliphatic carbocycles. The largest absolute Gasteiger partial charge is 0.490 e. The maximum absolute atomic E-state index is 13.6. The van der Waals surface area contributed by atoms with Gasteiger partial charge < -0.3 is 15.2 Å². The van der Waals surface area contributed by atoms with Crippen LogP contribution < -0.4 is 10.1 Å². The van der Waals surface area contributed by atoms with Gasteiger partial charge in [-0.3, -0.25) is 9.59 Å².